The van der Waals surface area contributed by atoms with E-state index >= 15 is 0 Å². The number of hydrogen-bond donors (Lipinski definition) is 1. The highest BCUT2D eigenvalue weighted by Crippen LogP contribution is 2.13. The number of aliphatic hydroxyl groups excluding tert-OH is 1. The van der Waals surface area contributed by atoms with E-state index in [2.05, 4.69) is 4.90 Å². The molecule has 1 aromatic carbocycles. The van der Waals surface area contributed by atoms with Crippen molar-refractivity contribution in [2.75, 3.05) is 26.7 Å². The Hall–Kier alpha value is -1.46. The van der Waals surface area contributed by atoms with Crippen molar-refractivity contribution >= 4 is 5.91 Å². The van der Waals surface area contributed by atoms with Gasteiger partial charge in [0.25, 0.3) is 5.91 Å². The predicted octanol–water partition coefficient (Wildman–Crippen LogP) is 1.23. The monoisotopic (exact) mass is 266 g/mol. The van der Waals surface area contributed by atoms with Crippen LogP contribution in [0.2, 0.25) is 0 Å². The lowest BCUT2D eigenvalue weighted by Crippen LogP contribution is -2.49. The van der Waals surface area contributed by atoms with E-state index in [4.69, 9.17) is 0 Å². The molecule has 5 heteroatoms. The summed E-state index contributed by atoms with van der Waals surface area (Å²) in [6.45, 7) is 4.01. The molecule has 0 unspecified atom stereocenters. The van der Waals surface area contributed by atoms with Gasteiger partial charge in [-0.05, 0) is 50.2 Å². The second-order valence-corrected chi connectivity index (χ2v) is 5.01. The molecule has 1 aromatic rings. The maximum atomic E-state index is 13.2. The van der Waals surface area contributed by atoms with Gasteiger partial charge in [0.2, 0.25) is 0 Å². The van der Waals surface area contributed by atoms with Crippen molar-refractivity contribution in [3.63, 3.8) is 0 Å². The van der Waals surface area contributed by atoms with E-state index in [0.29, 0.717) is 17.7 Å². The third-order valence-corrected chi connectivity index (χ3v) is 3.54. The summed E-state index contributed by atoms with van der Waals surface area (Å²) in [6, 6.07) is 4.22. The lowest BCUT2D eigenvalue weighted by molar-refractivity contribution is -0.0110. The molecule has 1 heterocycles. The highest BCUT2D eigenvalue weighted by atomic mass is 19.1. The molecule has 0 saturated carbocycles. The van der Waals surface area contributed by atoms with Gasteiger partial charge in [0, 0.05) is 19.2 Å². The molecule has 1 N–H and O–H groups in total. The number of hydrogen-bond acceptors (Lipinski definition) is 3. The Labute approximate surface area is 112 Å². The summed E-state index contributed by atoms with van der Waals surface area (Å²) in [5.41, 5.74) is 0.820. The quantitative estimate of drug-likeness (QED) is 0.834. The number of carbonyl (C=O) groups is 1. The van der Waals surface area contributed by atoms with Crippen LogP contribution in [0.5, 0.6) is 0 Å². The van der Waals surface area contributed by atoms with Gasteiger partial charge >= 0.3 is 0 Å². The van der Waals surface area contributed by atoms with E-state index in [9.17, 15) is 14.3 Å². The number of aryl methyl sites for hydroxylation is 1. The van der Waals surface area contributed by atoms with Gasteiger partial charge in [-0.15, -0.1) is 0 Å². The van der Waals surface area contributed by atoms with Crippen LogP contribution in [0, 0.1) is 12.7 Å². The number of likely N-dealkylation sites (tertiary alicyclic amines) is 1. The van der Waals surface area contributed by atoms with Gasteiger partial charge in [0.1, 0.15) is 12.0 Å². The standard InChI is InChI=1S/C14H19FN2O2/c1-10-8-11(4-5-12(10)15)14(19)16(2)13(18)9-17-6-3-7-17/h4-5,8,13,18H,3,6-7,9H2,1-2H3/t13-/m0/s1. The molecule has 2 rings (SSSR count). The SMILES string of the molecule is Cc1cc(C(=O)N(C)[C@@H](O)CN2CCC2)ccc1F. The lowest BCUT2D eigenvalue weighted by Gasteiger charge is -2.35. The molecule has 1 saturated heterocycles. The zero-order valence-corrected chi connectivity index (χ0v) is 11.3. The summed E-state index contributed by atoms with van der Waals surface area (Å²) < 4.78 is 13.2. The van der Waals surface area contributed by atoms with Gasteiger partial charge < -0.3 is 10.0 Å². The van der Waals surface area contributed by atoms with Crippen LogP contribution in [0.3, 0.4) is 0 Å². The summed E-state index contributed by atoms with van der Waals surface area (Å²) in [4.78, 5) is 15.5. The first-order valence-electron chi connectivity index (χ1n) is 6.43. The van der Waals surface area contributed by atoms with Crippen LogP contribution < -0.4 is 0 Å². The van der Waals surface area contributed by atoms with E-state index in [-0.39, 0.29) is 11.7 Å². The smallest absolute Gasteiger partial charge is 0.255 e. The number of aliphatic hydroxyl groups is 1. The van der Waals surface area contributed by atoms with Gasteiger partial charge in [-0.3, -0.25) is 9.69 Å². The molecule has 0 aromatic heterocycles. The molecular formula is C14H19FN2O2. The molecule has 1 aliphatic heterocycles. The van der Waals surface area contributed by atoms with Gasteiger partial charge in [-0.1, -0.05) is 0 Å². The zero-order chi connectivity index (χ0) is 14.0. The highest BCUT2D eigenvalue weighted by molar-refractivity contribution is 5.94. The van der Waals surface area contributed by atoms with Crippen molar-refractivity contribution in [1.82, 2.24) is 9.80 Å². The molecular weight excluding hydrogens is 247 g/mol. The number of amides is 1. The topological polar surface area (TPSA) is 43.8 Å². The Kier molecular flexibility index (Phi) is 4.17. The fourth-order valence-corrected chi connectivity index (χ4v) is 2.03. The van der Waals surface area contributed by atoms with Crippen LogP contribution in [0.15, 0.2) is 18.2 Å². The lowest BCUT2D eigenvalue weighted by atomic mass is 10.1. The predicted molar refractivity (Wildman–Crippen MR) is 70.3 cm³/mol. The zero-order valence-electron chi connectivity index (χ0n) is 11.3. The molecule has 1 aliphatic rings. The van der Waals surface area contributed by atoms with Gasteiger partial charge in [-0.2, -0.15) is 0 Å². The molecule has 0 spiro atoms. The average molecular weight is 266 g/mol. The highest BCUT2D eigenvalue weighted by Gasteiger charge is 2.24. The van der Waals surface area contributed by atoms with E-state index in [0.717, 1.165) is 19.5 Å². The number of likely N-dealkylation sites (N-methyl/N-ethyl adjacent to an activating group) is 1. The molecule has 4 nitrogen and oxygen atoms in total. The van der Waals surface area contributed by atoms with Crippen LogP contribution in [-0.2, 0) is 0 Å². The normalized spacial score (nSPS) is 16.8. The molecule has 104 valence electrons. The molecule has 1 fully saturated rings. The van der Waals surface area contributed by atoms with E-state index in [1.165, 1.54) is 23.1 Å². The molecule has 0 radical (unpaired) electrons. The van der Waals surface area contributed by atoms with Crippen LogP contribution in [0.4, 0.5) is 4.39 Å². The van der Waals surface area contributed by atoms with Crippen LogP contribution in [0.1, 0.15) is 22.3 Å². The van der Waals surface area contributed by atoms with Crippen LogP contribution in [-0.4, -0.2) is 53.7 Å². The Morgan fingerprint density at radius 2 is 2.21 bits per heavy atom. The third-order valence-electron chi connectivity index (χ3n) is 3.54. The summed E-state index contributed by atoms with van der Waals surface area (Å²) in [5, 5.41) is 10.00. The van der Waals surface area contributed by atoms with Crippen molar-refractivity contribution < 1.29 is 14.3 Å². The third kappa shape index (κ3) is 3.11. The molecule has 0 aliphatic carbocycles. The van der Waals surface area contributed by atoms with Gasteiger partial charge in [-0.25, -0.2) is 4.39 Å². The minimum absolute atomic E-state index is 0.295. The Bertz CT molecular complexity index is 475. The maximum Gasteiger partial charge on any atom is 0.255 e. The van der Waals surface area contributed by atoms with Crippen molar-refractivity contribution in [3.8, 4) is 0 Å². The van der Waals surface area contributed by atoms with Gasteiger partial charge in [0.15, 0.2) is 0 Å². The van der Waals surface area contributed by atoms with Gasteiger partial charge in [0.05, 0.1) is 0 Å². The minimum atomic E-state index is -0.835. The fourth-order valence-electron chi connectivity index (χ4n) is 2.03. The summed E-state index contributed by atoms with van der Waals surface area (Å²) in [6.07, 6.45) is 0.305. The minimum Gasteiger partial charge on any atom is -0.372 e. The number of benzene rings is 1. The van der Waals surface area contributed by atoms with Crippen molar-refractivity contribution in [2.45, 2.75) is 19.6 Å². The fraction of sp³-hybridized carbons (Fsp3) is 0.500. The second-order valence-electron chi connectivity index (χ2n) is 5.01. The summed E-state index contributed by atoms with van der Waals surface area (Å²) in [5.74, 6) is -0.628. The summed E-state index contributed by atoms with van der Waals surface area (Å²) >= 11 is 0. The van der Waals surface area contributed by atoms with Crippen LogP contribution >= 0.6 is 0 Å². The maximum absolute atomic E-state index is 13.2. The molecule has 19 heavy (non-hydrogen) atoms. The van der Waals surface area contributed by atoms with Crippen molar-refractivity contribution in [3.05, 3.63) is 35.1 Å². The Balaban J connectivity index is 2.02. The molecule has 1 amide bonds. The second kappa shape index (κ2) is 5.67. The van der Waals surface area contributed by atoms with E-state index in [1.807, 2.05) is 0 Å². The average Bonchev–Trinajstić information content (AvgIpc) is 2.35. The Morgan fingerprint density at radius 3 is 2.74 bits per heavy atom. The first-order valence-corrected chi connectivity index (χ1v) is 6.43. The Morgan fingerprint density at radius 1 is 1.53 bits per heavy atom. The number of carbonyl (C=O) groups excluding carboxylic acids is 1. The van der Waals surface area contributed by atoms with E-state index < -0.39 is 6.23 Å². The first-order chi connectivity index (χ1) is 8.99. The number of rotatable bonds is 4. The number of β-amino-alcohol motifs (C(OH)–C–C–N with tert-alkyl or cyclic N) is 1. The number of nitrogens with zero attached hydrogens (tertiary/aromatic N) is 2. The van der Waals surface area contributed by atoms with Crippen LogP contribution in [0.25, 0.3) is 0 Å². The van der Waals surface area contributed by atoms with Crippen molar-refractivity contribution in [2.24, 2.45) is 0 Å². The largest absolute Gasteiger partial charge is 0.372 e. The molecule has 0 bridgehead atoms. The van der Waals surface area contributed by atoms with Crippen molar-refractivity contribution in [1.29, 1.82) is 0 Å². The number of halogens is 1. The summed E-state index contributed by atoms with van der Waals surface area (Å²) in [7, 11) is 1.56. The van der Waals surface area contributed by atoms with E-state index in [1.54, 1.807) is 14.0 Å². The first kappa shape index (κ1) is 14.0. The molecule has 1 atom stereocenters.